The maximum atomic E-state index is 13.4. The lowest BCUT2D eigenvalue weighted by Gasteiger charge is -2.37. The first-order valence-electron chi connectivity index (χ1n) is 12.4. The molecule has 7 heteroatoms. The van der Waals surface area contributed by atoms with Gasteiger partial charge in [0, 0.05) is 12.7 Å². The fourth-order valence-electron chi connectivity index (χ4n) is 4.71. The quantitative estimate of drug-likeness (QED) is 0.396. The van der Waals surface area contributed by atoms with Crippen molar-refractivity contribution in [2.75, 3.05) is 6.54 Å². The summed E-state index contributed by atoms with van der Waals surface area (Å²) in [6, 6.07) is 22.7. The lowest BCUT2D eigenvalue weighted by Crippen LogP contribution is -2.40. The first kappa shape index (κ1) is 24.3. The van der Waals surface area contributed by atoms with E-state index < -0.39 is 6.10 Å². The van der Waals surface area contributed by atoms with E-state index in [9.17, 15) is 9.59 Å². The molecule has 7 nitrogen and oxygen atoms in total. The maximum Gasteiger partial charge on any atom is 0.290 e. The summed E-state index contributed by atoms with van der Waals surface area (Å²) in [6.07, 6.45) is 3.21. The summed E-state index contributed by atoms with van der Waals surface area (Å²) in [4.78, 5) is 32.2. The number of benzene rings is 2. The smallest absolute Gasteiger partial charge is 0.290 e. The highest BCUT2D eigenvalue weighted by Crippen LogP contribution is 2.38. The van der Waals surface area contributed by atoms with E-state index in [1.807, 2.05) is 66.4 Å². The normalized spacial score (nSPS) is 15.5. The molecule has 2 atom stereocenters. The van der Waals surface area contributed by atoms with Crippen molar-refractivity contribution in [2.24, 2.45) is 0 Å². The summed E-state index contributed by atoms with van der Waals surface area (Å²) < 4.78 is 11.5. The van der Waals surface area contributed by atoms with Crippen LogP contribution in [0.4, 0.5) is 0 Å². The number of amides is 2. The van der Waals surface area contributed by atoms with E-state index in [0.717, 1.165) is 27.9 Å². The number of fused-ring (bicyclic) bond motifs is 1. The van der Waals surface area contributed by atoms with Crippen LogP contribution in [0, 0.1) is 6.92 Å². The number of nitrogens with zero attached hydrogens (tertiary/aromatic N) is 2. The fraction of sp³-hybridized carbons (Fsp3) is 0.233. The second-order valence-electron chi connectivity index (χ2n) is 9.20. The average molecular weight is 496 g/mol. The van der Waals surface area contributed by atoms with Crippen LogP contribution in [-0.4, -0.2) is 34.3 Å². The van der Waals surface area contributed by atoms with Gasteiger partial charge in [0.15, 0.2) is 11.9 Å². The Morgan fingerprint density at radius 3 is 2.76 bits per heavy atom. The fourth-order valence-corrected chi connectivity index (χ4v) is 4.71. The van der Waals surface area contributed by atoms with Gasteiger partial charge in [-0.25, -0.2) is 0 Å². The van der Waals surface area contributed by atoms with Gasteiger partial charge in [0.05, 0.1) is 24.5 Å². The van der Waals surface area contributed by atoms with Gasteiger partial charge in [-0.2, -0.15) is 0 Å². The first-order valence-corrected chi connectivity index (χ1v) is 12.4. The standard InChI is InChI=1S/C30H29N3O4/c1-20-7-5-8-23(17-20)28-26-18-25(37-21(2)29(34)32-19-24-9-3-4-14-31-24)12-11-22(26)13-15-33(28)30(35)27-10-6-16-36-27/h3-12,14,16-18,21,28H,13,15,19H2,1-2H3,(H,32,34)/t21-,28+/m1/s1. The molecule has 3 heterocycles. The third kappa shape index (κ3) is 5.40. The minimum Gasteiger partial charge on any atom is -0.481 e. The number of rotatable bonds is 7. The second kappa shape index (κ2) is 10.7. The molecule has 0 unspecified atom stereocenters. The second-order valence-corrected chi connectivity index (χ2v) is 9.20. The number of carbonyl (C=O) groups is 2. The number of aryl methyl sites for hydroxylation is 1. The van der Waals surface area contributed by atoms with Crippen molar-refractivity contribution in [3.63, 3.8) is 0 Å². The van der Waals surface area contributed by atoms with E-state index in [4.69, 9.17) is 9.15 Å². The van der Waals surface area contributed by atoms with Crippen LogP contribution in [0.15, 0.2) is 89.7 Å². The summed E-state index contributed by atoms with van der Waals surface area (Å²) in [7, 11) is 0. The molecule has 1 N–H and O–H groups in total. The van der Waals surface area contributed by atoms with Crippen LogP contribution in [0.25, 0.3) is 0 Å². The van der Waals surface area contributed by atoms with E-state index in [-0.39, 0.29) is 17.9 Å². The summed E-state index contributed by atoms with van der Waals surface area (Å²) in [5.74, 6) is 0.500. The number of hydrogen-bond acceptors (Lipinski definition) is 5. The van der Waals surface area contributed by atoms with Gasteiger partial charge in [0.25, 0.3) is 11.8 Å². The summed E-state index contributed by atoms with van der Waals surface area (Å²) >= 11 is 0. The zero-order chi connectivity index (χ0) is 25.8. The molecule has 0 saturated carbocycles. The predicted molar refractivity (Wildman–Crippen MR) is 139 cm³/mol. The highest BCUT2D eigenvalue weighted by molar-refractivity contribution is 5.92. The van der Waals surface area contributed by atoms with Crippen LogP contribution in [0.5, 0.6) is 5.75 Å². The van der Waals surface area contributed by atoms with Gasteiger partial charge in [0.1, 0.15) is 5.75 Å². The minimum absolute atomic E-state index is 0.157. The molecule has 2 aromatic heterocycles. The molecule has 0 radical (unpaired) electrons. The topological polar surface area (TPSA) is 84.7 Å². The molecule has 1 aliphatic heterocycles. The number of nitrogens with one attached hydrogen (secondary N) is 1. The minimum atomic E-state index is -0.705. The largest absolute Gasteiger partial charge is 0.481 e. The van der Waals surface area contributed by atoms with Crippen molar-refractivity contribution in [3.05, 3.63) is 119 Å². The van der Waals surface area contributed by atoms with Gasteiger partial charge in [-0.1, -0.05) is 42.0 Å². The van der Waals surface area contributed by atoms with Crippen LogP contribution in [-0.2, 0) is 17.8 Å². The van der Waals surface area contributed by atoms with Crippen molar-refractivity contribution < 1.29 is 18.7 Å². The van der Waals surface area contributed by atoms with Crippen LogP contribution >= 0.6 is 0 Å². The molecule has 1 aliphatic rings. The number of ether oxygens (including phenoxy) is 1. The molecule has 0 fully saturated rings. The van der Waals surface area contributed by atoms with Gasteiger partial charge < -0.3 is 19.4 Å². The first-order chi connectivity index (χ1) is 18.0. The van der Waals surface area contributed by atoms with Crippen LogP contribution < -0.4 is 10.1 Å². The van der Waals surface area contributed by atoms with Crippen molar-refractivity contribution >= 4 is 11.8 Å². The Morgan fingerprint density at radius 2 is 2.00 bits per heavy atom. The molecule has 5 rings (SSSR count). The molecule has 0 saturated heterocycles. The summed E-state index contributed by atoms with van der Waals surface area (Å²) in [5, 5.41) is 2.87. The average Bonchev–Trinajstić information content (AvgIpc) is 3.46. The highest BCUT2D eigenvalue weighted by atomic mass is 16.5. The van der Waals surface area contributed by atoms with Gasteiger partial charge in [0.2, 0.25) is 0 Å². The van der Waals surface area contributed by atoms with E-state index in [2.05, 4.69) is 16.4 Å². The van der Waals surface area contributed by atoms with Crippen molar-refractivity contribution in [1.29, 1.82) is 0 Å². The molecular formula is C30H29N3O4. The Hall–Kier alpha value is -4.39. The Morgan fingerprint density at radius 1 is 1.11 bits per heavy atom. The van der Waals surface area contributed by atoms with E-state index in [0.29, 0.717) is 31.0 Å². The Labute approximate surface area is 216 Å². The van der Waals surface area contributed by atoms with E-state index in [1.165, 1.54) is 6.26 Å². The number of pyridine rings is 1. The van der Waals surface area contributed by atoms with Gasteiger partial charge in [-0.05, 0) is 73.4 Å². The Kier molecular flexibility index (Phi) is 7.03. The summed E-state index contributed by atoms with van der Waals surface area (Å²) in [5.41, 5.74) is 5.03. The maximum absolute atomic E-state index is 13.4. The Bertz CT molecular complexity index is 1390. The van der Waals surface area contributed by atoms with Crippen molar-refractivity contribution in [1.82, 2.24) is 15.2 Å². The zero-order valence-corrected chi connectivity index (χ0v) is 20.9. The Balaban J connectivity index is 1.40. The monoisotopic (exact) mass is 495 g/mol. The molecular weight excluding hydrogens is 466 g/mol. The van der Waals surface area contributed by atoms with E-state index >= 15 is 0 Å². The van der Waals surface area contributed by atoms with Crippen LogP contribution in [0.3, 0.4) is 0 Å². The number of aromatic nitrogens is 1. The molecule has 37 heavy (non-hydrogen) atoms. The third-order valence-corrected chi connectivity index (χ3v) is 6.55. The molecule has 2 aromatic carbocycles. The highest BCUT2D eigenvalue weighted by Gasteiger charge is 2.34. The molecule has 4 aromatic rings. The van der Waals surface area contributed by atoms with E-state index in [1.54, 1.807) is 25.3 Å². The van der Waals surface area contributed by atoms with Crippen molar-refractivity contribution in [2.45, 2.75) is 39.0 Å². The molecule has 0 bridgehead atoms. The molecule has 0 spiro atoms. The lowest BCUT2D eigenvalue weighted by molar-refractivity contribution is -0.127. The molecule has 2 amide bonds. The number of carbonyl (C=O) groups excluding carboxylic acids is 2. The molecule has 0 aliphatic carbocycles. The van der Waals surface area contributed by atoms with Crippen LogP contribution in [0.1, 0.15) is 51.5 Å². The van der Waals surface area contributed by atoms with Gasteiger partial charge in [-0.3, -0.25) is 14.6 Å². The zero-order valence-electron chi connectivity index (χ0n) is 20.9. The van der Waals surface area contributed by atoms with Gasteiger partial charge >= 0.3 is 0 Å². The summed E-state index contributed by atoms with van der Waals surface area (Å²) in [6.45, 7) is 4.66. The van der Waals surface area contributed by atoms with Gasteiger partial charge in [-0.15, -0.1) is 0 Å². The third-order valence-electron chi connectivity index (χ3n) is 6.55. The number of hydrogen-bond donors (Lipinski definition) is 1. The van der Waals surface area contributed by atoms with Crippen molar-refractivity contribution in [3.8, 4) is 5.75 Å². The number of furan rings is 1. The van der Waals surface area contributed by atoms with Crippen LogP contribution in [0.2, 0.25) is 0 Å². The SMILES string of the molecule is Cc1cccc([C@H]2c3cc(O[C@H](C)C(=O)NCc4ccccn4)ccc3CCN2C(=O)c2ccco2)c1. The predicted octanol–water partition coefficient (Wildman–Crippen LogP) is 4.85. The molecule has 188 valence electrons. The lowest BCUT2D eigenvalue weighted by atomic mass is 9.87.